The number of carbonyl (C=O) groups is 1. The summed E-state index contributed by atoms with van der Waals surface area (Å²) in [7, 11) is -3.57. The number of rotatable bonds is 3. The molecule has 1 aromatic heterocycles. The summed E-state index contributed by atoms with van der Waals surface area (Å²) in [6, 6.07) is 10.5. The molecule has 0 unspecified atom stereocenters. The van der Waals surface area contributed by atoms with Gasteiger partial charge in [0.1, 0.15) is 11.5 Å². The minimum atomic E-state index is -3.57. The second-order valence-electron chi connectivity index (χ2n) is 5.97. The van der Waals surface area contributed by atoms with E-state index in [2.05, 4.69) is 10.1 Å². The number of hydrogen-bond donors (Lipinski definition) is 1. The average Bonchev–Trinajstić information content (AvgIpc) is 3.33. The third kappa shape index (κ3) is 3.54. The summed E-state index contributed by atoms with van der Waals surface area (Å²) in [5.74, 6) is -0.253. The summed E-state index contributed by atoms with van der Waals surface area (Å²) in [6.07, 6.45) is 1.37. The van der Waals surface area contributed by atoms with E-state index in [1.165, 1.54) is 13.0 Å². The number of furan rings is 1. The Balaban J connectivity index is 1.67. The Morgan fingerprint density at radius 3 is 2.76 bits per heavy atom. The van der Waals surface area contributed by atoms with Gasteiger partial charge in [-0.2, -0.15) is 10.0 Å². The van der Waals surface area contributed by atoms with Crippen molar-refractivity contribution in [3.63, 3.8) is 0 Å². The molecule has 1 N–H and O–H groups in total. The zero-order valence-corrected chi connectivity index (χ0v) is 17.3. The molecule has 11 heteroatoms. The fraction of sp³-hybridized carbons (Fsp3) is 0.111. The molecule has 0 fully saturated rings. The molecule has 2 aromatic rings. The third-order valence-corrected chi connectivity index (χ3v) is 7.55. The van der Waals surface area contributed by atoms with Crippen molar-refractivity contribution in [1.82, 2.24) is 5.01 Å². The smallest absolute Gasteiger partial charge is 0.283 e. The summed E-state index contributed by atoms with van der Waals surface area (Å²) in [5, 5.41) is 13.8. The second-order valence-corrected chi connectivity index (χ2v) is 9.79. The monoisotopic (exact) mass is 448 g/mol. The Labute approximate surface area is 175 Å². The number of hydrazone groups is 1. The minimum absolute atomic E-state index is 0.0420. The van der Waals surface area contributed by atoms with Gasteiger partial charge in [-0.3, -0.25) is 10.2 Å². The molecule has 2 aliphatic rings. The first-order valence-corrected chi connectivity index (χ1v) is 11.2. The number of hydrogen-bond acceptors (Lipinski definition) is 7. The first-order chi connectivity index (χ1) is 13.8. The number of fused-ring (bicyclic) bond motifs is 1. The molecule has 3 heterocycles. The summed E-state index contributed by atoms with van der Waals surface area (Å²) in [5.41, 5.74) is 0.632. The van der Waals surface area contributed by atoms with Crippen LogP contribution in [0.3, 0.4) is 0 Å². The van der Waals surface area contributed by atoms with Crippen LogP contribution >= 0.6 is 23.4 Å². The number of halogens is 1. The van der Waals surface area contributed by atoms with Gasteiger partial charge in [-0.05, 0) is 42.1 Å². The van der Waals surface area contributed by atoms with Crippen LogP contribution < -0.4 is 0 Å². The number of benzene rings is 1. The molecule has 2 aliphatic heterocycles. The van der Waals surface area contributed by atoms with E-state index in [-0.39, 0.29) is 26.7 Å². The molecule has 0 saturated heterocycles. The van der Waals surface area contributed by atoms with Crippen molar-refractivity contribution in [3.05, 3.63) is 52.8 Å². The number of amidine groups is 2. The number of carbonyl (C=O) groups excluding carboxylic acids is 1. The van der Waals surface area contributed by atoms with E-state index >= 15 is 0 Å². The van der Waals surface area contributed by atoms with E-state index in [1.54, 1.807) is 30.3 Å². The van der Waals surface area contributed by atoms with E-state index in [0.29, 0.717) is 22.1 Å². The van der Waals surface area contributed by atoms with Crippen LogP contribution in [0.15, 0.2) is 56.5 Å². The molecule has 4 rings (SSSR count). The van der Waals surface area contributed by atoms with Gasteiger partial charge in [0.2, 0.25) is 19.4 Å². The largest absolute Gasteiger partial charge is 0.457 e. The van der Waals surface area contributed by atoms with Crippen LogP contribution in [0.4, 0.5) is 0 Å². The molecule has 29 heavy (non-hydrogen) atoms. The lowest BCUT2D eigenvalue weighted by molar-refractivity contribution is -0.114. The van der Waals surface area contributed by atoms with Gasteiger partial charge < -0.3 is 4.42 Å². The Bertz CT molecular complexity index is 1240. The van der Waals surface area contributed by atoms with Crippen LogP contribution in [0.5, 0.6) is 0 Å². The van der Waals surface area contributed by atoms with Gasteiger partial charge in [0.15, 0.2) is 5.84 Å². The maximum atomic E-state index is 12.4. The fourth-order valence-corrected chi connectivity index (χ4v) is 4.99. The Kier molecular flexibility index (Phi) is 4.93. The van der Waals surface area contributed by atoms with E-state index in [9.17, 15) is 13.2 Å². The van der Waals surface area contributed by atoms with Crippen molar-refractivity contribution in [1.29, 1.82) is 5.41 Å². The summed E-state index contributed by atoms with van der Waals surface area (Å²) in [4.78, 5) is 16.3. The maximum absolute atomic E-state index is 12.4. The molecule has 1 aromatic carbocycles. The van der Waals surface area contributed by atoms with E-state index in [4.69, 9.17) is 21.4 Å². The standard InChI is InChI=1S/C18H13ClN4O4S2/c1-2-29(25,26)18-22-23-15(20)12(16(24)21-17(23)28-18)9-10-7-8-14(27-10)11-5-3-4-6-13(11)19/h3-9,20H,2H2,1H3/b12-9+,20-15?. The van der Waals surface area contributed by atoms with Crippen molar-refractivity contribution < 1.29 is 17.6 Å². The van der Waals surface area contributed by atoms with Gasteiger partial charge in [-0.1, -0.05) is 30.7 Å². The van der Waals surface area contributed by atoms with Crippen molar-refractivity contribution in [2.75, 3.05) is 5.75 Å². The summed E-state index contributed by atoms with van der Waals surface area (Å²) in [6.45, 7) is 1.49. The predicted octanol–water partition coefficient (Wildman–Crippen LogP) is 3.61. The zero-order valence-electron chi connectivity index (χ0n) is 14.9. The van der Waals surface area contributed by atoms with E-state index < -0.39 is 15.7 Å². The highest BCUT2D eigenvalue weighted by atomic mass is 35.5. The highest BCUT2D eigenvalue weighted by Crippen LogP contribution is 2.32. The Morgan fingerprint density at radius 1 is 1.28 bits per heavy atom. The molecule has 0 spiro atoms. The predicted molar refractivity (Wildman–Crippen MR) is 114 cm³/mol. The molecule has 0 aliphatic carbocycles. The highest BCUT2D eigenvalue weighted by Gasteiger charge is 2.39. The number of sulfone groups is 1. The number of thioether (sulfide) groups is 1. The zero-order chi connectivity index (χ0) is 20.8. The molecular weight excluding hydrogens is 436 g/mol. The number of nitrogens with zero attached hydrogens (tertiary/aromatic N) is 3. The maximum Gasteiger partial charge on any atom is 0.283 e. The van der Waals surface area contributed by atoms with Crippen LogP contribution in [-0.4, -0.2) is 40.5 Å². The van der Waals surface area contributed by atoms with Gasteiger partial charge in [0, 0.05) is 5.56 Å². The normalized spacial score (nSPS) is 18.1. The van der Waals surface area contributed by atoms with Crippen molar-refractivity contribution in [3.8, 4) is 11.3 Å². The quantitative estimate of drug-likeness (QED) is 0.717. The lowest BCUT2D eigenvalue weighted by Gasteiger charge is -2.19. The van der Waals surface area contributed by atoms with Crippen LogP contribution in [0.1, 0.15) is 12.7 Å². The number of nitrogens with one attached hydrogen (secondary N) is 1. The van der Waals surface area contributed by atoms with Crippen molar-refractivity contribution in [2.24, 2.45) is 10.1 Å². The number of aliphatic imine (C=N–C) groups is 1. The molecule has 0 bridgehead atoms. The molecule has 0 radical (unpaired) electrons. The highest BCUT2D eigenvalue weighted by molar-refractivity contribution is 8.42. The molecule has 0 saturated carbocycles. The number of amides is 1. The fourth-order valence-electron chi connectivity index (χ4n) is 2.60. The van der Waals surface area contributed by atoms with Gasteiger partial charge in [0.05, 0.1) is 16.3 Å². The summed E-state index contributed by atoms with van der Waals surface area (Å²) < 4.78 is 29.6. The van der Waals surface area contributed by atoms with Crippen LogP contribution in [0.2, 0.25) is 5.02 Å². The molecule has 0 atom stereocenters. The Morgan fingerprint density at radius 2 is 2.03 bits per heavy atom. The SMILES string of the molecule is CCS(=O)(=O)C1=NN2C(=N)/C(=C\c3ccc(-c4ccccc4Cl)o3)C(=O)N=C2S1. The average molecular weight is 449 g/mol. The third-order valence-electron chi connectivity index (χ3n) is 4.13. The van der Waals surface area contributed by atoms with E-state index in [0.717, 1.165) is 16.8 Å². The summed E-state index contributed by atoms with van der Waals surface area (Å²) >= 11 is 6.93. The Hall–Kier alpha value is -2.69. The van der Waals surface area contributed by atoms with E-state index in [1.807, 2.05) is 6.07 Å². The van der Waals surface area contributed by atoms with Gasteiger partial charge in [-0.25, -0.2) is 8.42 Å². The van der Waals surface area contributed by atoms with Gasteiger partial charge in [-0.15, -0.1) is 5.10 Å². The lowest BCUT2D eigenvalue weighted by atomic mass is 10.1. The van der Waals surface area contributed by atoms with Crippen molar-refractivity contribution in [2.45, 2.75) is 6.92 Å². The first-order valence-electron chi connectivity index (χ1n) is 8.38. The topological polar surface area (TPSA) is 116 Å². The minimum Gasteiger partial charge on any atom is -0.457 e. The lowest BCUT2D eigenvalue weighted by Crippen LogP contribution is -2.35. The molecular formula is C18H13ClN4O4S2. The van der Waals surface area contributed by atoms with Gasteiger partial charge >= 0.3 is 0 Å². The molecule has 1 amide bonds. The first kappa shape index (κ1) is 19.6. The van der Waals surface area contributed by atoms with Gasteiger partial charge in [0.25, 0.3) is 5.91 Å². The molecule has 148 valence electrons. The van der Waals surface area contributed by atoms with Crippen LogP contribution in [0.25, 0.3) is 17.4 Å². The van der Waals surface area contributed by atoms with Crippen LogP contribution in [0, 0.1) is 5.41 Å². The van der Waals surface area contributed by atoms with Crippen molar-refractivity contribution >= 4 is 60.6 Å². The molecule has 8 nitrogen and oxygen atoms in total. The van der Waals surface area contributed by atoms with Crippen LogP contribution in [-0.2, 0) is 14.6 Å². The second kappa shape index (κ2) is 7.29.